The Morgan fingerprint density at radius 1 is 0.935 bits per heavy atom. The van der Waals surface area contributed by atoms with Gasteiger partial charge in [-0.2, -0.15) is 0 Å². The van der Waals surface area contributed by atoms with E-state index >= 15 is 0 Å². The van der Waals surface area contributed by atoms with Crippen molar-refractivity contribution in [1.82, 2.24) is 4.90 Å². The van der Waals surface area contributed by atoms with Crippen LogP contribution in [0, 0.1) is 0 Å². The number of hydrogen-bond donors (Lipinski definition) is 1. The lowest BCUT2D eigenvalue weighted by atomic mass is 10.1. The van der Waals surface area contributed by atoms with Crippen molar-refractivity contribution in [2.45, 2.75) is 25.1 Å². The Morgan fingerprint density at radius 3 is 2.10 bits per heavy atom. The third-order valence-corrected chi connectivity index (χ3v) is 5.84. The number of amides is 1. The van der Waals surface area contributed by atoms with Gasteiger partial charge in [-0.05, 0) is 48.5 Å². The zero-order chi connectivity index (χ0) is 22.2. The summed E-state index contributed by atoms with van der Waals surface area (Å²) < 4.78 is 40.8. The number of rotatable bonds is 4. The molecule has 0 radical (unpaired) electrons. The molecule has 2 aromatic carbocycles. The third kappa shape index (κ3) is 4.89. The number of carbonyl (C=O) groups is 1. The smallest absolute Gasteiger partial charge is 0.406 e. The Hall–Kier alpha value is -2.49. The first-order valence-corrected chi connectivity index (χ1v) is 10.2. The molecule has 10 heteroatoms. The molecule has 0 aliphatic carbocycles. The zero-order valence-electron chi connectivity index (χ0n) is 16.4. The van der Waals surface area contributed by atoms with E-state index in [4.69, 9.17) is 11.6 Å². The number of carbonyl (C=O) groups excluding carboxylic acids is 1. The Bertz CT molecular complexity index is 916. The lowest BCUT2D eigenvalue weighted by Crippen LogP contribution is -2.54. The molecule has 2 unspecified atom stereocenters. The van der Waals surface area contributed by atoms with Crippen LogP contribution in [-0.2, 0) is 4.79 Å². The van der Waals surface area contributed by atoms with E-state index < -0.39 is 12.6 Å². The number of aliphatic hydroxyl groups excluding tert-OH is 1. The fourth-order valence-electron chi connectivity index (χ4n) is 4.09. The molecule has 4 rings (SSSR count). The number of benzene rings is 2. The van der Waals surface area contributed by atoms with E-state index in [0.717, 1.165) is 5.69 Å². The predicted molar refractivity (Wildman–Crippen MR) is 110 cm³/mol. The van der Waals surface area contributed by atoms with Crippen LogP contribution in [0.4, 0.5) is 24.5 Å². The van der Waals surface area contributed by atoms with Crippen LogP contribution in [0.1, 0.15) is 6.42 Å². The minimum absolute atomic E-state index is 0.150. The summed E-state index contributed by atoms with van der Waals surface area (Å²) in [6, 6.07) is 12.2. The molecule has 2 aliphatic heterocycles. The molecule has 0 saturated carbocycles. The van der Waals surface area contributed by atoms with Crippen molar-refractivity contribution >= 4 is 28.9 Å². The summed E-state index contributed by atoms with van der Waals surface area (Å²) in [5, 5.41) is 11.4. The van der Waals surface area contributed by atoms with Gasteiger partial charge in [0.1, 0.15) is 12.0 Å². The molecule has 2 fully saturated rings. The summed E-state index contributed by atoms with van der Waals surface area (Å²) in [6.07, 6.45) is -5.46. The summed E-state index contributed by atoms with van der Waals surface area (Å²) in [5.41, 5.74) is 1.39. The first-order valence-electron chi connectivity index (χ1n) is 9.82. The first-order chi connectivity index (χ1) is 14.7. The van der Waals surface area contributed by atoms with E-state index in [-0.39, 0.29) is 24.1 Å². The van der Waals surface area contributed by atoms with Crippen LogP contribution in [-0.4, -0.2) is 60.7 Å². The Kier molecular flexibility index (Phi) is 6.00. The highest BCUT2D eigenvalue weighted by molar-refractivity contribution is 6.30. The number of alkyl halides is 3. The maximum atomic E-state index is 12.5. The first kappa shape index (κ1) is 21.7. The minimum Gasteiger partial charge on any atom is -0.406 e. The molecule has 0 spiro atoms. The van der Waals surface area contributed by atoms with Crippen LogP contribution in [0.2, 0.25) is 5.02 Å². The van der Waals surface area contributed by atoms with Crippen molar-refractivity contribution in [2.75, 3.05) is 36.0 Å². The SMILES string of the molecule is O=C1CC(N2CCN(c3ccc(OC(F)(F)F)cc3)CC2)C(O)N1c1ccc(Cl)cc1. The van der Waals surface area contributed by atoms with Gasteiger partial charge in [-0.3, -0.25) is 14.6 Å². The molecular formula is C21H21ClF3N3O3. The molecule has 0 aromatic heterocycles. The lowest BCUT2D eigenvalue weighted by Gasteiger charge is -2.40. The summed E-state index contributed by atoms with van der Waals surface area (Å²) >= 11 is 5.91. The molecule has 1 N–H and O–H groups in total. The van der Waals surface area contributed by atoms with Crippen molar-refractivity contribution in [2.24, 2.45) is 0 Å². The average Bonchev–Trinajstić information content (AvgIpc) is 3.02. The standard InChI is InChI=1S/C21H21ClF3N3O3/c22-14-1-3-16(4-2-14)28-19(29)13-18(20(28)30)27-11-9-26(10-12-27)15-5-7-17(8-6-15)31-21(23,24)25/h1-8,18,20,30H,9-13H2. The van der Waals surface area contributed by atoms with E-state index in [9.17, 15) is 23.1 Å². The van der Waals surface area contributed by atoms with Gasteiger partial charge in [0.25, 0.3) is 0 Å². The molecule has 6 nitrogen and oxygen atoms in total. The number of nitrogens with zero attached hydrogens (tertiary/aromatic N) is 3. The van der Waals surface area contributed by atoms with Crippen molar-refractivity contribution < 1.29 is 27.8 Å². The molecule has 31 heavy (non-hydrogen) atoms. The number of piperazine rings is 1. The molecule has 0 bridgehead atoms. The quantitative estimate of drug-likeness (QED) is 0.765. The zero-order valence-corrected chi connectivity index (χ0v) is 17.2. The second kappa shape index (κ2) is 8.57. The van der Waals surface area contributed by atoms with Crippen molar-refractivity contribution in [3.63, 3.8) is 0 Å². The van der Waals surface area contributed by atoms with E-state index in [1.807, 2.05) is 4.90 Å². The number of ether oxygens (including phenoxy) is 1. The second-order valence-electron chi connectivity index (χ2n) is 7.49. The van der Waals surface area contributed by atoms with Crippen LogP contribution < -0.4 is 14.5 Å². The summed E-state index contributed by atoms with van der Waals surface area (Å²) in [6.45, 7) is 2.48. The summed E-state index contributed by atoms with van der Waals surface area (Å²) in [5.74, 6) is -0.410. The number of anilines is 2. The third-order valence-electron chi connectivity index (χ3n) is 5.58. The largest absolute Gasteiger partial charge is 0.573 e. The van der Waals surface area contributed by atoms with Crippen molar-refractivity contribution in [3.05, 3.63) is 53.6 Å². The molecule has 166 valence electrons. The summed E-state index contributed by atoms with van der Waals surface area (Å²) in [7, 11) is 0. The van der Waals surface area contributed by atoms with Gasteiger partial charge in [-0.15, -0.1) is 13.2 Å². The van der Waals surface area contributed by atoms with E-state index in [1.165, 1.54) is 17.0 Å². The van der Waals surface area contributed by atoms with Crippen LogP contribution in [0.25, 0.3) is 0 Å². The normalized spacial score (nSPS) is 22.8. The second-order valence-corrected chi connectivity index (χ2v) is 7.93. The van der Waals surface area contributed by atoms with Crippen LogP contribution in [0.3, 0.4) is 0 Å². The lowest BCUT2D eigenvalue weighted by molar-refractivity contribution is -0.274. The van der Waals surface area contributed by atoms with Crippen LogP contribution in [0.15, 0.2) is 48.5 Å². The molecule has 1 amide bonds. The Balaban J connectivity index is 1.36. The van der Waals surface area contributed by atoms with Gasteiger partial charge in [0.2, 0.25) is 5.91 Å². The Morgan fingerprint density at radius 2 is 1.52 bits per heavy atom. The summed E-state index contributed by atoms with van der Waals surface area (Å²) in [4.78, 5) is 18.1. The monoisotopic (exact) mass is 455 g/mol. The number of halogens is 4. The molecule has 2 heterocycles. The maximum Gasteiger partial charge on any atom is 0.573 e. The van der Waals surface area contributed by atoms with Gasteiger partial charge in [-0.25, -0.2) is 0 Å². The highest BCUT2D eigenvalue weighted by atomic mass is 35.5. The fraction of sp³-hybridized carbons (Fsp3) is 0.381. The van der Waals surface area contributed by atoms with Gasteiger partial charge in [-0.1, -0.05) is 11.6 Å². The topological polar surface area (TPSA) is 56.3 Å². The van der Waals surface area contributed by atoms with Gasteiger partial charge >= 0.3 is 6.36 Å². The van der Waals surface area contributed by atoms with E-state index in [1.54, 1.807) is 36.4 Å². The Labute approximate surface area is 182 Å². The van der Waals surface area contributed by atoms with E-state index in [2.05, 4.69) is 9.64 Å². The number of aliphatic hydroxyl groups is 1. The molecule has 2 saturated heterocycles. The minimum atomic E-state index is -4.72. The fourth-order valence-corrected chi connectivity index (χ4v) is 4.21. The highest BCUT2D eigenvalue weighted by Crippen LogP contribution is 2.31. The van der Waals surface area contributed by atoms with Crippen molar-refractivity contribution in [3.8, 4) is 5.75 Å². The average molecular weight is 456 g/mol. The molecular weight excluding hydrogens is 435 g/mol. The van der Waals surface area contributed by atoms with Gasteiger partial charge in [0.05, 0.1) is 6.04 Å². The van der Waals surface area contributed by atoms with E-state index in [0.29, 0.717) is 36.9 Å². The highest BCUT2D eigenvalue weighted by Gasteiger charge is 2.43. The van der Waals surface area contributed by atoms with Gasteiger partial charge < -0.3 is 14.7 Å². The van der Waals surface area contributed by atoms with Crippen LogP contribution in [0.5, 0.6) is 5.75 Å². The van der Waals surface area contributed by atoms with Gasteiger partial charge in [0, 0.05) is 49.0 Å². The van der Waals surface area contributed by atoms with Crippen molar-refractivity contribution in [1.29, 1.82) is 0 Å². The number of hydrogen-bond acceptors (Lipinski definition) is 5. The van der Waals surface area contributed by atoms with Gasteiger partial charge in [0.15, 0.2) is 0 Å². The van der Waals surface area contributed by atoms with Crippen LogP contribution >= 0.6 is 11.6 Å². The molecule has 2 aliphatic rings. The molecule has 2 aromatic rings. The molecule has 2 atom stereocenters. The maximum absolute atomic E-state index is 12.5. The predicted octanol–water partition coefficient (Wildman–Crippen LogP) is 3.48.